The highest BCUT2D eigenvalue weighted by atomic mass is 19.4. The largest absolute Gasteiger partial charge is 0.416 e. The molecular formula is C18H13F3N2O2. The van der Waals surface area contributed by atoms with Crippen LogP contribution in [0.2, 0.25) is 0 Å². The van der Waals surface area contributed by atoms with E-state index in [2.05, 4.69) is 5.32 Å². The number of nitrogens with one attached hydrogen (secondary N) is 1. The third-order valence-electron chi connectivity index (χ3n) is 3.77. The zero-order chi connectivity index (χ0) is 18.2. The minimum absolute atomic E-state index is 0.234. The minimum Gasteiger partial charge on any atom is -0.322 e. The Morgan fingerprint density at radius 1 is 1.00 bits per heavy atom. The van der Waals surface area contributed by atoms with E-state index in [9.17, 15) is 22.8 Å². The molecule has 0 unspecified atom stereocenters. The van der Waals surface area contributed by atoms with Crippen molar-refractivity contribution in [2.24, 2.45) is 0 Å². The number of nitrogens with zero attached hydrogens (tertiary/aromatic N) is 1. The van der Waals surface area contributed by atoms with Gasteiger partial charge in [0.25, 0.3) is 5.91 Å². The van der Waals surface area contributed by atoms with Crippen LogP contribution in [0.25, 0.3) is 10.9 Å². The molecule has 2 aromatic carbocycles. The fourth-order valence-corrected chi connectivity index (χ4v) is 2.56. The van der Waals surface area contributed by atoms with Gasteiger partial charge in [0.05, 0.1) is 16.6 Å². The first-order valence-electron chi connectivity index (χ1n) is 7.37. The van der Waals surface area contributed by atoms with Crippen LogP contribution in [0.1, 0.15) is 27.6 Å². The normalized spacial score (nSPS) is 11.5. The third-order valence-corrected chi connectivity index (χ3v) is 3.77. The molecule has 0 aliphatic carbocycles. The summed E-state index contributed by atoms with van der Waals surface area (Å²) in [6.45, 7) is 1.38. The van der Waals surface area contributed by atoms with Crippen molar-refractivity contribution in [2.75, 3.05) is 5.32 Å². The van der Waals surface area contributed by atoms with Gasteiger partial charge in [0, 0.05) is 24.2 Å². The van der Waals surface area contributed by atoms with Gasteiger partial charge in [-0.15, -0.1) is 0 Å². The minimum atomic E-state index is -4.43. The van der Waals surface area contributed by atoms with Gasteiger partial charge in [-0.05, 0) is 30.3 Å². The Kier molecular flexibility index (Phi) is 4.08. The van der Waals surface area contributed by atoms with Gasteiger partial charge in [-0.1, -0.05) is 18.2 Å². The number of carbonyl (C=O) groups is 2. The average molecular weight is 346 g/mol. The quantitative estimate of drug-likeness (QED) is 0.739. The van der Waals surface area contributed by atoms with Gasteiger partial charge in [0.15, 0.2) is 0 Å². The lowest BCUT2D eigenvalue weighted by molar-refractivity contribution is -0.137. The van der Waals surface area contributed by atoms with E-state index in [1.807, 2.05) is 0 Å². The van der Waals surface area contributed by atoms with E-state index in [0.29, 0.717) is 10.9 Å². The Morgan fingerprint density at radius 2 is 1.64 bits per heavy atom. The monoisotopic (exact) mass is 346 g/mol. The van der Waals surface area contributed by atoms with Crippen LogP contribution in [0.5, 0.6) is 0 Å². The second-order valence-corrected chi connectivity index (χ2v) is 5.48. The highest BCUT2D eigenvalue weighted by molar-refractivity contribution is 6.14. The number of alkyl halides is 3. The van der Waals surface area contributed by atoms with Crippen LogP contribution in [0, 0.1) is 0 Å². The Morgan fingerprint density at radius 3 is 2.24 bits per heavy atom. The van der Waals surface area contributed by atoms with Gasteiger partial charge >= 0.3 is 6.18 Å². The molecule has 128 valence electrons. The lowest BCUT2D eigenvalue weighted by Gasteiger charge is -2.08. The van der Waals surface area contributed by atoms with Gasteiger partial charge in [0.1, 0.15) is 0 Å². The summed E-state index contributed by atoms with van der Waals surface area (Å²) in [5, 5.41) is 3.14. The molecule has 0 fully saturated rings. The lowest BCUT2D eigenvalue weighted by Crippen LogP contribution is -2.12. The van der Waals surface area contributed by atoms with Crippen LogP contribution in [0.4, 0.5) is 18.9 Å². The summed E-state index contributed by atoms with van der Waals surface area (Å²) >= 11 is 0. The van der Waals surface area contributed by atoms with E-state index in [0.717, 1.165) is 12.1 Å². The Bertz CT molecular complexity index is 957. The van der Waals surface area contributed by atoms with Gasteiger partial charge in [-0.2, -0.15) is 13.2 Å². The first-order chi connectivity index (χ1) is 11.8. The van der Waals surface area contributed by atoms with Crippen molar-refractivity contribution in [3.05, 3.63) is 65.9 Å². The summed E-state index contributed by atoms with van der Waals surface area (Å²) in [7, 11) is 0. The molecule has 0 atom stereocenters. The predicted molar refractivity (Wildman–Crippen MR) is 87.6 cm³/mol. The number of fused-ring (bicyclic) bond motifs is 1. The molecular weight excluding hydrogens is 333 g/mol. The number of hydrogen-bond acceptors (Lipinski definition) is 2. The van der Waals surface area contributed by atoms with Gasteiger partial charge in [-0.3, -0.25) is 14.2 Å². The SMILES string of the molecule is CC(=O)n1cc(C(=O)Nc2ccc(C(F)(F)F)cc2)c2ccccc21. The van der Waals surface area contributed by atoms with Crippen LogP contribution in [0.3, 0.4) is 0 Å². The Hall–Kier alpha value is -3.09. The number of anilines is 1. The molecule has 1 amide bonds. The fraction of sp³-hybridized carbons (Fsp3) is 0.111. The maximum Gasteiger partial charge on any atom is 0.416 e. The number of halogens is 3. The van der Waals surface area contributed by atoms with Crippen molar-refractivity contribution in [2.45, 2.75) is 13.1 Å². The molecule has 0 spiro atoms. The molecule has 0 saturated carbocycles. The molecule has 0 aliphatic heterocycles. The Balaban J connectivity index is 1.92. The molecule has 7 heteroatoms. The van der Waals surface area contributed by atoms with Gasteiger partial charge in [-0.25, -0.2) is 0 Å². The summed E-state index contributed by atoms with van der Waals surface area (Å²) in [5.74, 6) is -0.749. The van der Waals surface area contributed by atoms with Crippen molar-refractivity contribution in [3.8, 4) is 0 Å². The summed E-state index contributed by atoms with van der Waals surface area (Å²) < 4.78 is 39.1. The summed E-state index contributed by atoms with van der Waals surface area (Å²) in [5.41, 5.74) is 0.301. The van der Waals surface area contributed by atoms with Crippen molar-refractivity contribution in [1.29, 1.82) is 0 Å². The maximum absolute atomic E-state index is 12.6. The van der Waals surface area contributed by atoms with Crippen molar-refractivity contribution >= 4 is 28.4 Å². The number of amides is 1. The molecule has 0 aliphatic rings. The molecule has 0 bridgehead atoms. The van der Waals surface area contributed by atoms with Crippen LogP contribution in [0.15, 0.2) is 54.7 Å². The van der Waals surface area contributed by atoms with Crippen LogP contribution < -0.4 is 5.32 Å². The van der Waals surface area contributed by atoms with E-state index in [-0.39, 0.29) is 17.2 Å². The smallest absolute Gasteiger partial charge is 0.322 e. The predicted octanol–water partition coefficient (Wildman–Crippen LogP) is 4.57. The molecule has 25 heavy (non-hydrogen) atoms. The van der Waals surface area contributed by atoms with Crippen LogP contribution in [-0.4, -0.2) is 16.4 Å². The van der Waals surface area contributed by atoms with Crippen molar-refractivity contribution < 1.29 is 22.8 Å². The zero-order valence-corrected chi connectivity index (χ0v) is 13.1. The first kappa shape index (κ1) is 16.8. The van der Waals surface area contributed by atoms with Gasteiger partial charge < -0.3 is 5.32 Å². The van der Waals surface area contributed by atoms with E-state index in [1.165, 1.54) is 29.8 Å². The van der Waals surface area contributed by atoms with E-state index >= 15 is 0 Å². The fourth-order valence-electron chi connectivity index (χ4n) is 2.56. The lowest BCUT2D eigenvalue weighted by atomic mass is 10.1. The number of aromatic nitrogens is 1. The second-order valence-electron chi connectivity index (χ2n) is 5.48. The molecule has 3 aromatic rings. The number of hydrogen-bond donors (Lipinski definition) is 1. The standard InChI is InChI=1S/C18H13F3N2O2/c1-11(24)23-10-15(14-4-2-3-5-16(14)23)17(25)22-13-8-6-12(7-9-13)18(19,20)21/h2-10H,1H3,(H,22,25). The zero-order valence-electron chi connectivity index (χ0n) is 13.1. The number of carbonyl (C=O) groups excluding carboxylic acids is 2. The molecule has 0 radical (unpaired) electrons. The van der Waals surface area contributed by atoms with Crippen molar-refractivity contribution in [1.82, 2.24) is 4.57 Å². The average Bonchev–Trinajstić information content (AvgIpc) is 2.94. The third kappa shape index (κ3) is 3.26. The summed E-state index contributed by atoms with van der Waals surface area (Å²) in [6, 6.07) is 11.1. The number of rotatable bonds is 2. The van der Waals surface area contributed by atoms with Crippen LogP contribution in [-0.2, 0) is 6.18 Å². The topological polar surface area (TPSA) is 51.1 Å². The highest BCUT2D eigenvalue weighted by Gasteiger charge is 2.30. The molecule has 3 rings (SSSR count). The maximum atomic E-state index is 12.6. The van der Waals surface area contributed by atoms with Gasteiger partial charge in [0.2, 0.25) is 5.91 Å². The molecule has 1 heterocycles. The van der Waals surface area contributed by atoms with E-state index < -0.39 is 17.6 Å². The molecule has 1 N–H and O–H groups in total. The summed E-state index contributed by atoms with van der Waals surface area (Å²) in [6.07, 6.45) is -3.01. The number of para-hydroxylation sites is 1. The van der Waals surface area contributed by atoms with Crippen LogP contribution >= 0.6 is 0 Å². The van der Waals surface area contributed by atoms with Crippen molar-refractivity contribution in [3.63, 3.8) is 0 Å². The van der Waals surface area contributed by atoms with E-state index in [4.69, 9.17) is 0 Å². The molecule has 1 aromatic heterocycles. The molecule has 4 nitrogen and oxygen atoms in total. The number of benzene rings is 2. The second kappa shape index (κ2) is 6.08. The van der Waals surface area contributed by atoms with E-state index in [1.54, 1.807) is 24.3 Å². The first-order valence-corrected chi connectivity index (χ1v) is 7.37. The Labute approximate surface area is 140 Å². The summed E-state index contributed by atoms with van der Waals surface area (Å²) in [4.78, 5) is 24.2. The molecule has 0 saturated heterocycles. The highest BCUT2D eigenvalue weighted by Crippen LogP contribution is 2.30.